The highest BCUT2D eigenvalue weighted by Gasteiger charge is 2.43. The van der Waals surface area contributed by atoms with Crippen molar-refractivity contribution in [3.63, 3.8) is 0 Å². The van der Waals surface area contributed by atoms with Gasteiger partial charge in [0.15, 0.2) is 0 Å². The van der Waals surface area contributed by atoms with E-state index in [1.165, 1.54) is 6.07 Å². The predicted octanol–water partition coefficient (Wildman–Crippen LogP) is 4.16. The van der Waals surface area contributed by atoms with Crippen molar-refractivity contribution in [1.29, 1.82) is 0 Å². The maximum Gasteiger partial charge on any atom is 0.254 e. The van der Waals surface area contributed by atoms with E-state index in [0.717, 1.165) is 48.2 Å². The monoisotopic (exact) mass is 525 g/mol. The maximum atomic E-state index is 14.2. The van der Waals surface area contributed by atoms with Gasteiger partial charge in [-0.15, -0.1) is 0 Å². The highest BCUT2D eigenvalue weighted by Crippen LogP contribution is 2.44. The number of hydrogen-bond donors (Lipinski definition) is 2. The molecule has 0 bridgehead atoms. The van der Waals surface area contributed by atoms with Crippen LogP contribution in [-0.4, -0.2) is 72.9 Å². The number of halogens is 1. The molecule has 3 heterocycles. The van der Waals surface area contributed by atoms with Crippen LogP contribution < -0.4 is 10.2 Å². The van der Waals surface area contributed by atoms with Gasteiger partial charge in [-0.1, -0.05) is 48.5 Å². The first-order valence-electron chi connectivity index (χ1n) is 13.4. The molecule has 0 saturated carbocycles. The summed E-state index contributed by atoms with van der Waals surface area (Å²) in [4.78, 5) is 36.6. The fourth-order valence-corrected chi connectivity index (χ4v) is 6.05. The highest BCUT2D eigenvalue weighted by molar-refractivity contribution is 6.02. The Morgan fingerprint density at radius 1 is 0.949 bits per heavy atom. The summed E-state index contributed by atoms with van der Waals surface area (Å²) >= 11 is 0. The summed E-state index contributed by atoms with van der Waals surface area (Å²) in [7, 11) is 1.78. The molecule has 6 rings (SSSR count). The Kier molecular flexibility index (Phi) is 6.79. The number of amides is 2. The van der Waals surface area contributed by atoms with Gasteiger partial charge in [0.25, 0.3) is 5.91 Å². The Hall–Kier alpha value is -4.17. The first kappa shape index (κ1) is 25.1. The van der Waals surface area contributed by atoms with Crippen molar-refractivity contribution >= 4 is 28.4 Å². The van der Waals surface area contributed by atoms with E-state index >= 15 is 0 Å². The number of fused-ring (bicyclic) bond motifs is 2. The van der Waals surface area contributed by atoms with Gasteiger partial charge in [0.05, 0.1) is 17.6 Å². The van der Waals surface area contributed by atoms with Gasteiger partial charge in [-0.3, -0.25) is 14.5 Å². The second kappa shape index (κ2) is 10.5. The first-order valence-corrected chi connectivity index (χ1v) is 13.4. The van der Waals surface area contributed by atoms with E-state index in [-0.39, 0.29) is 17.6 Å². The number of benzene rings is 3. The number of nitrogens with zero attached hydrogens (tertiary/aromatic N) is 3. The lowest BCUT2D eigenvalue weighted by Gasteiger charge is -2.39. The van der Waals surface area contributed by atoms with E-state index in [4.69, 9.17) is 0 Å². The minimum atomic E-state index is -0.541. The van der Waals surface area contributed by atoms with Crippen LogP contribution in [0.2, 0.25) is 0 Å². The normalized spacial score (nSPS) is 19.8. The lowest BCUT2D eigenvalue weighted by atomic mass is 9.79. The van der Waals surface area contributed by atoms with E-state index in [1.807, 2.05) is 60.8 Å². The topological polar surface area (TPSA) is 71.7 Å². The molecule has 3 aromatic carbocycles. The highest BCUT2D eigenvalue weighted by atomic mass is 19.1. The number of carbonyl (C=O) groups is 2. The Morgan fingerprint density at radius 3 is 2.49 bits per heavy atom. The zero-order valence-electron chi connectivity index (χ0n) is 21.9. The summed E-state index contributed by atoms with van der Waals surface area (Å²) < 4.78 is 14.2. The molecule has 1 aromatic heterocycles. The van der Waals surface area contributed by atoms with Crippen LogP contribution in [0.4, 0.5) is 10.1 Å². The Balaban J connectivity index is 1.17. The summed E-state index contributed by atoms with van der Waals surface area (Å²) in [6.07, 6.45) is 1.92. The first-order chi connectivity index (χ1) is 19.0. The summed E-state index contributed by atoms with van der Waals surface area (Å²) in [5.41, 5.74) is 3.87. The molecule has 0 spiro atoms. The van der Waals surface area contributed by atoms with Gasteiger partial charge >= 0.3 is 0 Å². The largest absolute Gasteiger partial charge is 0.367 e. The van der Waals surface area contributed by atoms with Crippen molar-refractivity contribution in [3.8, 4) is 0 Å². The molecule has 2 unspecified atom stereocenters. The zero-order chi connectivity index (χ0) is 26.9. The Morgan fingerprint density at radius 2 is 1.67 bits per heavy atom. The van der Waals surface area contributed by atoms with Crippen LogP contribution in [0, 0.1) is 5.82 Å². The molecule has 0 aliphatic carbocycles. The molecule has 200 valence electrons. The van der Waals surface area contributed by atoms with E-state index in [1.54, 1.807) is 24.1 Å². The second-order valence-corrected chi connectivity index (χ2v) is 10.3. The van der Waals surface area contributed by atoms with Crippen molar-refractivity contribution in [2.45, 2.75) is 12.0 Å². The van der Waals surface area contributed by atoms with Crippen molar-refractivity contribution < 1.29 is 14.0 Å². The molecule has 2 amide bonds. The summed E-state index contributed by atoms with van der Waals surface area (Å²) in [6.45, 7) is 4.27. The van der Waals surface area contributed by atoms with Crippen LogP contribution in [-0.2, 0) is 4.79 Å². The van der Waals surface area contributed by atoms with Crippen molar-refractivity contribution in [3.05, 3.63) is 102 Å². The lowest BCUT2D eigenvalue weighted by molar-refractivity contribution is -0.124. The standard InChI is InChI=1S/C31H32FN5O2/c1-35-29(24-20-34-26-12-6-4-8-21(24)26)28(22-9-2-3-10-23(22)31(35)39)30(38)33-14-15-36-16-18-37(19-17-36)27-13-7-5-11-25(27)32/h2-13,20,28-29,34H,14-19H2,1H3,(H,33,38). The molecule has 39 heavy (non-hydrogen) atoms. The molecule has 2 atom stereocenters. The van der Waals surface area contributed by atoms with E-state index in [0.29, 0.717) is 24.3 Å². The number of aromatic amines is 1. The maximum absolute atomic E-state index is 14.2. The number of anilines is 1. The van der Waals surface area contributed by atoms with Gasteiger partial charge in [0.1, 0.15) is 5.82 Å². The quantitative estimate of drug-likeness (QED) is 0.397. The molecular weight excluding hydrogens is 493 g/mol. The van der Waals surface area contributed by atoms with Crippen LogP contribution in [0.1, 0.15) is 33.4 Å². The number of carbonyl (C=O) groups excluding carboxylic acids is 2. The van der Waals surface area contributed by atoms with Crippen molar-refractivity contribution in [2.24, 2.45) is 0 Å². The lowest BCUT2D eigenvalue weighted by Crippen LogP contribution is -2.50. The molecule has 8 heteroatoms. The van der Waals surface area contributed by atoms with Crippen LogP contribution in [0.15, 0.2) is 79.0 Å². The number of para-hydroxylation sites is 2. The van der Waals surface area contributed by atoms with E-state index < -0.39 is 12.0 Å². The number of likely N-dealkylation sites (N-methyl/N-ethyl adjacent to an activating group) is 1. The Bertz CT molecular complexity index is 1510. The average Bonchev–Trinajstić information content (AvgIpc) is 3.39. The fraction of sp³-hybridized carbons (Fsp3) is 0.290. The molecule has 7 nitrogen and oxygen atoms in total. The second-order valence-electron chi connectivity index (χ2n) is 10.3. The van der Waals surface area contributed by atoms with Crippen LogP contribution in [0.3, 0.4) is 0 Å². The van der Waals surface area contributed by atoms with Gasteiger partial charge in [0.2, 0.25) is 5.91 Å². The number of aromatic nitrogens is 1. The van der Waals surface area contributed by atoms with E-state index in [2.05, 4.69) is 20.1 Å². The van der Waals surface area contributed by atoms with Gasteiger partial charge < -0.3 is 20.1 Å². The summed E-state index contributed by atoms with van der Waals surface area (Å²) in [5, 5.41) is 4.17. The van der Waals surface area contributed by atoms with Gasteiger partial charge in [-0.2, -0.15) is 0 Å². The molecule has 4 aromatic rings. The number of piperazine rings is 1. The third kappa shape index (κ3) is 4.65. The third-order valence-corrected chi connectivity index (χ3v) is 8.09. The number of hydrogen-bond acceptors (Lipinski definition) is 4. The average molecular weight is 526 g/mol. The molecule has 1 fully saturated rings. The van der Waals surface area contributed by atoms with Crippen molar-refractivity contribution in [2.75, 3.05) is 51.2 Å². The number of H-pyrrole nitrogens is 1. The SMILES string of the molecule is CN1C(=O)c2ccccc2C(C(=O)NCCN2CCN(c3ccccc3F)CC2)C1c1c[nH]c2ccccc12. The van der Waals surface area contributed by atoms with E-state index in [9.17, 15) is 14.0 Å². The third-order valence-electron chi connectivity index (χ3n) is 8.09. The molecule has 0 radical (unpaired) electrons. The summed E-state index contributed by atoms with van der Waals surface area (Å²) in [6, 6.07) is 21.8. The van der Waals surface area contributed by atoms with Crippen molar-refractivity contribution in [1.82, 2.24) is 20.1 Å². The fourth-order valence-electron chi connectivity index (χ4n) is 6.05. The molecule has 2 aliphatic heterocycles. The number of nitrogens with one attached hydrogen (secondary N) is 2. The van der Waals surface area contributed by atoms with Gasteiger partial charge in [-0.25, -0.2) is 4.39 Å². The minimum absolute atomic E-state index is 0.0855. The zero-order valence-corrected chi connectivity index (χ0v) is 21.9. The molecule has 2 aliphatic rings. The van der Waals surface area contributed by atoms with Crippen LogP contribution >= 0.6 is 0 Å². The molecule has 1 saturated heterocycles. The van der Waals surface area contributed by atoms with Gasteiger partial charge in [0, 0.05) is 74.5 Å². The predicted molar refractivity (Wildman–Crippen MR) is 150 cm³/mol. The minimum Gasteiger partial charge on any atom is -0.367 e. The molecular formula is C31H32FN5O2. The summed E-state index contributed by atoms with van der Waals surface area (Å²) in [5.74, 6) is -0.917. The van der Waals surface area contributed by atoms with Crippen LogP contribution in [0.25, 0.3) is 10.9 Å². The molecule has 2 N–H and O–H groups in total. The van der Waals surface area contributed by atoms with Gasteiger partial charge in [-0.05, 0) is 29.8 Å². The number of rotatable bonds is 6. The Labute approximate surface area is 227 Å². The van der Waals surface area contributed by atoms with Crippen LogP contribution in [0.5, 0.6) is 0 Å². The smallest absolute Gasteiger partial charge is 0.254 e.